The van der Waals surface area contributed by atoms with Crippen LogP contribution in [0.3, 0.4) is 0 Å². The van der Waals surface area contributed by atoms with Gasteiger partial charge in [-0.05, 0) is 12.5 Å². The molecule has 0 amide bonds. The van der Waals surface area contributed by atoms with Gasteiger partial charge in [-0.15, -0.1) is 0 Å². The Morgan fingerprint density at radius 1 is 1.36 bits per heavy atom. The average molecular weight is 204 g/mol. The zero-order valence-electron chi connectivity index (χ0n) is 7.80. The van der Waals surface area contributed by atoms with E-state index in [2.05, 4.69) is 9.97 Å². The van der Waals surface area contributed by atoms with Crippen molar-refractivity contribution in [3.63, 3.8) is 0 Å². The lowest BCUT2D eigenvalue weighted by atomic mass is 10.2. The van der Waals surface area contributed by atoms with Crippen LogP contribution in [0, 0.1) is 0 Å². The molecule has 1 heterocycles. The normalized spacial score (nSPS) is 11.7. The first-order valence-corrected chi connectivity index (χ1v) is 4.43. The van der Waals surface area contributed by atoms with Gasteiger partial charge in [-0.1, -0.05) is 13.3 Å². The third kappa shape index (κ3) is 2.97. The van der Waals surface area contributed by atoms with Gasteiger partial charge in [0.15, 0.2) is 0 Å². The van der Waals surface area contributed by atoms with Gasteiger partial charge in [0.05, 0.1) is 0 Å². The first-order valence-electron chi connectivity index (χ1n) is 4.43. The highest BCUT2D eigenvalue weighted by atomic mass is 19.4. The van der Waals surface area contributed by atoms with E-state index in [1.165, 1.54) is 0 Å². The van der Waals surface area contributed by atoms with Crippen molar-refractivity contribution in [1.29, 1.82) is 0 Å². The van der Waals surface area contributed by atoms with Crippen molar-refractivity contribution in [3.05, 3.63) is 23.8 Å². The van der Waals surface area contributed by atoms with Crippen LogP contribution in [0.5, 0.6) is 0 Å². The molecule has 0 aliphatic heterocycles. The molecule has 0 aliphatic carbocycles. The lowest BCUT2D eigenvalue weighted by molar-refractivity contribution is -0.141. The largest absolute Gasteiger partial charge is 0.433 e. The van der Waals surface area contributed by atoms with E-state index in [-0.39, 0.29) is 5.82 Å². The maximum atomic E-state index is 12.2. The van der Waals surface area contributed by atoms with Crippen LogP contribution in [-0.2, 0) is 12.6 Å². The van der Waals surface area contributed by atoms with Crippen molar-refractivity contribution in [2.24, 2.45) is 0 Å². The second-order valence-corrected chi connectivity index (χ2v) is 2.96. The summed E-state index contributed by atoms with van der Waals surface area (Å²) in [7, 11) is 0. The maximum absolute atomic E-state index is 12.2. The Labute approximate surface area is 80.2 Å². The van der Waals surface area contributed by atoms with Gasteiger partial charge >= 0.3 is 6.18 Å². The summed E-state index contributed by atoms with van der Waals surface area (Å²) >= 11 is 0. The minimum absolute atomic E-state index is 0.265. The van der Waals surface area contributed by atoms with Crippen LogP contribution in [-0.4, -0.2) is 9.97 Å². The summed E-state index contributed by atoms with van der Waals surface area (Å²) in [6.45, 7) is 1.97. The number of unbranched alkanes of at least 4 members (excludes halogenated alkanes) is 1. The lowest BCUT2D eigenvalue weighted by Gasteiger charge is -2.06. The molecule has 14 heavy (non-hydrogen) atoms. The molecule has 0 unspecified atom stereocenters. The molecule has 5 heteroatoms. The van der Waals surface area contributed by atoms with Gasteiger partial charge in [0.1, 0.15) is 11.5 Å². The van der Waals surface area contributed by atoms with Crippen molar-refractivity contribution >= 4 is 0 Å². The molecule has 0 aromatic carbocycles. The molecule has 0 aliphatic rings. The molecule has 1 aromatic heterocycles. The smallest absolute Gasteiger partial charge is 0.241 e. The van der Waals surface area contributed by atoms with E-state index in [0.29, 0.717) is 6.42 Å². The Balaban J connectivity index is 2.79. The maximum Gasteiger partial charge on any atom is 0.433 e. The van der Waals surface area contributed by atoms with Gasteiger partial charge in [-0.3, -0.25) is 0 Å². The Hall–Kier alpha value is -1.13. The van der Waals surface area contributed by atoms with Crippen LogP contribution in [0.4, 0.5) is 13.2 Å². The fourth-order valence-corrected chi connectivity index (χ4v) is 1.01. The zero-order chi connectivity index (χ0) is 10.6. The number of hydrogen-bond acceptors (Lipinski definition) is 2. The quantitative estimate of drug-likeness (QED) is 0.756. The number of hydrogen-bond donors (Lipinski definition) is 0. The van der Waals surface area contributed by atoms with Gasteiger partial charge < -0.3 is 0 Å². The summed E-state index contributed by atoms with van der Waals surface area (Å²) in [4.78, 5) is 7.22. The summed E-state index contributed by atoms with van der Waals surface area (Å²) in [5.74, 6) is 0.265. The highest BCUT2D eigenvalue weighted by molar-refractivity contribution is 5.06. The number of rotatable bonds is 3. The molecule has 1 aromatic rings. The molecule has 78 valence electrons. The van der Waals surface area contributed by atoms with E-state index >= 15 is 0 Å². The summed E-state index contributed by atoms with van der Waals surface area (Å²) < 4.78 is 36.6. The molecule has 0 saturated carbocycles. The molecule has 0 saturated heterocycles. The highest BCUT2D eigenvalue weighted by Gasteiger charge is 2.32. The first kappa shape index (κ1) is 10.9. The predicted molar refractivity (Wildman–Crippen MR) is 45.6 cm³/mol. The average Bonchev–Trinajstić information content (AvgIpc) is 2.14. The first-order chi connectivity index (χ1) is 6.54. The summed E-state index contributed by atoms with van der Waals surface area (Å²) in [6, 6.07) is 0.884. The fraction of sp³-hybridized carbons (Fsp3) is 0.556. The highest BCUT2D eigenvalue weighted by Crippen LogP contribution is 2.26. The molecule has 0 spiro atoms. The number of alkyl halides is 3. The third-order valence-electron chi connectivity index (χ3n) is 1.75. The summed E-state index contributed by atoms with van der Waals surface area (Å²) in [5, 5.41) is 0. The van der Waals surface area contributed by atoms with Crippen LogP contribution in [0.25, 0.3) is 0 Å². The van der Waals surface area contributed by atoms with Crippen LogP contribution < -0.4 is 0 Å². The van der Waals surface area contributed by atoms with E-state index in [9.17, 15) is 13.2 Å². The second-order valence-electron chi connectivity index (χ2n) is 2.96. The molecular weight excluding hydrogens is 193 g/mol. The number of halogens is 3. The predicted octanol–water partition coefficient (Wildman–Crippen LogP) is 2.84. The lowest BCUT2D eigenvalue weighted by Crippen LogP contribution is -2.10. The summed E-state index contributed by atoms with van der Waals surface area (Å²) in [6.07, 6.45) is -0.994. The van der Waals surface area contributed by atoms with Crippen LogP contribution in [0.1, 0.15) is 31.3 Å². The minimum Gasteiger partial charge on any atom is -0.241 e. The van der Waals surface area contributed by atoms with E-state index in [1.54, 1.807) is 0 Å². The van der Waals surface area contributed by atoms with E-state index in [4.69, 9.17) is 0 Å². The molecule has 0 fully saturated rings. The molecule has 0 N–H and O–H groups in total. The van der Waals surface area contributed by atoms with Crippen LogP contribution in [0.15, 0.2) is 12.3 Å². The van der Waals surface area contributed by atoms with Gasteiger partial charge in [-0.25, -0.2) is 9.97 Å². The molecule has 1 rings (SSSR count). The van der Waals surface area contributed by atoms with Crippen molar-refractivity contribution < 1.29 is 13.2 Å². The van der Waals surface area contributed by atoms with E-state index < -0.39 is 11.9 Å². The monoisotopic (exact) mass is 204 g/mol. The number of aryl methyl sites for hydroxylation is 1. The third-order valence-corrected chi connectivity index (χ3v) is 1.75. The van der Waals surface area contributed by atoms with Gasteiger partial charge in [0, 0.05) is 12.6 Å². The topological polar surface area (TPSA) is 25.8 Å². The SMILES string of the molecule is CCCCc1nccc(C(F)(F)F)n1. The van der Waals surface area contributed by atoms with Crippen LogP contribution in [0.2, 0.25) is 0 Å². The van der Waals surface area contributed by atoms with Crippen molar-refractivity contribution in [2.75, 3.05) is 0 Å². The van der Waals surface area contributed by atoms with Gasteiger partial charge in [0.25, 0.3) is 0 Å². The van der Waals surface area contributed by atoms with Gasteiger partial charge in [-0.2, -0.15) is 13.2 Å². The Morgan fingerprint density at radius 2 is 2.07 bits per heavy atom. The van der Waals surface area contributed by atoms with Crippen molar-refractivity contribution in [3.8, 4) is 0 Å². The Morgan fingerprint density at radius 3 is 2.64 bits per heavy atom. The Kier molecular flexibility index (Phi) is 3.43. The molecule has 0 bridgehead atoms. The second kappa shape index (κ2) is 4.39. The van der Waals surface area contributed by atoms with Crippen molar-refractivity contribution in [2.45, 2.75) is 32.4 Å². The van der Waals surface area contributed by atoms with Crippen LogP contribution >= 0.6 is 0 Å². The van der Waals surface area contributed by atoms with E-state index in [0.717, 1.165) is 25.1 Å². The molecule has 0 radical (unpaired) electrons. The Bertz CT molecular complexity index is 296. The standard InChI is InChI=1S/C9H11F3N2/c1-2-3-4-8-13-6-5-7(14-8)9(10,11)12/h5-6H,2-4H2,1H3. The summed E-state index contributed by atoms with van der Waals surface area (Å²) in [5.41, 5.74) is -0.862. The fourth-order valence-electron chi connectivity index (χ4n) is 1.01. The molecule has 0 atom stereocenters. The van der Waals surface area contributed by atoms with Crippen molar-refractivity contribution in [1.82, 2.24) is 9.97 Å². The molecule has 2 nitrogen and oxygen atoms in total. The zero-order valence-corrected chi connectivity index (χ0v) is 7.80. The van der Waals surface area contributed by atoms with Gasteiger partial charge in [0.2, 0.25) is 0 Å². The number of nitrogens with zero attached hydrogens (tertiary/aromatic N) is 2. The molecular formula is C9H11F3N2. The number of aromatic nitrogens is 2. The van der Waals surface area contributed by atoms with E-state index in [1.807, 2.05) is 6.92 Å². The minimum atomic E-state index is -4.37.